The molecule has 0 N–H and O–H groups in total. The maximum atomic E-state index is 12.6. The molecule has 0 bridgehead atoms. The molecule has 0 aromatic carbocycles. The third-order valence-corrected chi connectivity index (χ3v) is 6.29. The number of carbonyl (C=O) groups excluding carboxylic acids is 1. The zero-order chi connectivity index (χ0) is 17.3. The molecule has 25 heavy (non-hydrogen) atoms. The quantitative estimate of drug-likeness (QED) is 0.818. The van der Waals surface area contributed by atoms with Gasteiger partial charge < -0.3 is 18.8 Å². The molecule has 6 heteroatoms. The molecule has 1 aliphatic carbocycles. The lowest BCUT2D eigenvalue weighted by Gasteiger charge is -2.48. The predicted octanol–water partition coefficient (Wildman–Crippen LogP) is 2.67. The van der Waals surface area contributed by atoms with Gasteiger partial charge in [-0.05, 0) is 50.4 Å². The smallest absolute Gasteiger partial charge is 0.291 e. The molecular formula is C19H28N2O4. The van der Waals surface area contributed by atoms with Crippen LogP contribution >= 0.6 is 0 Å². The molecule has 1 atom stereocenters. The van der Waals surface area contributed by atoms with Crippen LogP contribution in [-0.2, 0) is 9.47 Å². The minimum atomic E-state index is -0.0292. The first-order chi connectivity index (χ1) is 12.2. The molecule has 2 aliphatic heterocycles. The number of amides is 1. The average Bonchev–Trinajstić information content (AvgIpc) is 3.36. The van der Waals surface area contributed by atoms with Crippen LogP contribution in [0.5, 0.6) is 0 Å². The zero-order valence-electron chi connectivity index (χ0n) is 15.0. The number of nitrogens with zero attached hydrogens (tertiary/aromatic N) is 2. The lowest BCUT2D eigenvalue weighted by atomic mass is 9.66. The third kappa shape index (κ3) is 3.60. The molecule has 2 saturated heterocycles. The second kappa shape index (κ2) is 7.08. The Bertz CT molecular complexity index is 602. The van der Waals surface area contributed by atoms with Gasteiger partial charge >= 0.3 is 0 Å². The lowest BCUT2D eigenvalue weighted by molar-refractivity contribution is -0.0977. The summed E-state index contributed by atoms with van der Waals surface area (Å²) in [5, 5.41) is 0. The molecule has 4 rings (SSSR count). The van der Waals surface area contributed by atoms with Gasteiger partial charge in [-0.3, -0.25) is 4.79 Å². The lowest BCUT2D eigenvalue weighted by Crippen LogP contribution is -2.50. The number of oxazole rings is 1. The van der Waals surface area contributed by atoms with E-state index in [2.05, 4.69) is 4.98 Å². The highest BCUT2D eigenvalue weighted by atomic mass is 16.5. The monoisotopic (exact) mass is 348 g/mol. The minimum absolute atomic E-state index is 0.0292. The van der Waals surface area contributed by atoms with Crippen molar-refractivity contribution < 1.29 is 18.7 Å². The Labute approximate surface area is 148 Å². The van der Waals surface area contributed by atoms with Gasteiger partial charge in [-0.2, -0.15) is 0 Å². The first-order valence-electron chi connectivity index (χ1n) is 9.53. The van der Waals surface area contributed by atoms with E-state index in [0.29, 0.717) is 17.4 Å². The van der Waals surface area contributed by atoms with E-state index >= 15 is 0 Å². The van der Waals surface area contributed by atoms with Gasteiger partial charge in [-0.15, -0.1) is 0 Å². The summed E-state index contributed by atoms with van der Waals surface area (Å²) in [5.41, 5.74) is 0.928. The van der Waals surface area contributed by atoms with Crippen LogP contribution in [-0.4, -0.2) is 55.3 Å². The molecule has 0 radical (unpaired) electrons. The summed E-state index contributed by atoms with van der Waals surface area (Å²) in [7, 11) is 0. The third-order valence-electron chi connectivity index (χ3n) is 6.29. The average molecular weight is 348 g/mol. The first kappa shape index (κ1) is 17.0. The van der Waals surface area contributed by atoms with E-state index in [1.807, 2.05) is 11.8 Å². The van der Waals surface area contributed by atoms with Crippen LogP contribution in [0.2, 0.25) is 0 Å². The molecule has 1 amide bonds. The molecule has 1 spiro atoms. The standard InChI is InChI=1S/C19H28N2O4/c1-14-17(25-13-20-14)18(22)21-7-4-19(5-8-21)6-9-23-11-16(19)12-24-10-15-2-3-15/h13,15-16H,2-12H2,1H3. The van der Waals surface area contributed by atoms with Gasteiger partial charge in [0.15, 0.2) is 6.39 Å². The van der Waals surface area contributed by atoms with Crippen molar-refractivity contribution in [3.63, 3.8) is 0 Å². The molecular weight excluding hydrogens is 320 g/mol. The summed E-state index contributed by atoms with van der Waals surface area (Å²) in [6.45, 7) is 6.69. The van der Waals surface area contributed by atoms with Crippen LogP contribution in [0, 0.1) is 24.2 Å². The molecule has 3 heterocycles. The fraction of sp³-hybridized carbons (Fsp3) is 0.789. The van der Waals surface area contributed by atoms with Crippen LogP contribution < -0.4 is 0 Å². The van der Waals surface area contributed by atoms with Crippen molar-refractivity contribution in [3.8, 4) is 0 Å². The number of ether oxygens (including phenoxy) is 2. The van der Waals surface area contributed by atoms with E-state index in [-0.39, 0.29) is 11.3 Å². The summed E-state index contributed by atoms with van der Waals surface area (Å²) in [4.78, 5) is 18.6. The summed E-state index contributed by atoms with van der Waals surface area (Å²) >= 11 is 0. The maximum absolute atomic E-state index is 12.6. The molecule has 3 fully saturated rings. The van der Waals surface area contributed by atoms with Crippen molar-refractivity contribution in [2.45, 2.75) is 39.0 Å². The molecule has 1 saturated carbocycles. The number of hydrogen-bond donors (Lipinski definition) is 0. The molecule has 1 aromatic rings. The van der Waals surface area contributed by atoms with E-state index in [4.69, 9.17) is 13.9 Å². The highest BCUT2D eigenvalue weighted by Gasteiger charge is 2.44. The SMILES string of the molecule is Cc1ncoc1C(=O)N1CCC2(CCOCC2COCC2CC2)CC1. The Hall–Kier alpha value is -1.40. The van der Waals surface area contributed by atoms with Crippen LogP contribution in [0.1, 0.15) is 48.4 Å². The van der Waals surface area contributed by atoms with Crippen molar-refractivity contribution in [2.75, 3.05) is 39.5 Å². The molecule has 3 aliphatic rings. The summed E-state index contributed by atoms with van der Waals surface area (Å²) in [5.74, 6) is 1.60. The number of hydrogen-bond acceptors (Lipinski definition) is 5. The number of piperidine rings is 1. The van der Waals surface area contributed by atoms with E-state index in [1.54, 1.807) is 0 Å². The number of aromatic nitrogens is 1. The van der Waals surface area contributed by atoms with E-state index in [0.717, 1.165) is 64.7 Å². The van der Waals surface area contributed by atoms with Gasteiger partial charge in [0.05, 0.1) is 18.9 Å². The van der Waals surface area contributed by atoms with Crippen LogP contribution in [0.15, 0.2) is 10.8 Å². The highest BCUT2D eigenvalue weighted by molar-refractivity contribution is 5.92. The second-order valence-electron chi connectivity index (χ2n) is 7.92. The van der Waals surface area contributed by atoms with Crippen molar-refractivity contribution >= 4 is 5.91 Å². The minimum Gasteiger partial charge on any atom is -0.438 e. The Morgan fingerprint density at radius 2 is 2.12 bits per heavy atom. The summed E-state index contributed by atoms with van der Waals surface area (Å²) in [6.07, 6.45) is 7.11. The molecule has 138 valence electrons. The highest BCUT2D eigenvalue weighted by Crippen LogP contribution is 2.45. The van der Waals surface area contributed by atoms with Gasteiger partial charge in [0.1, 0.15) is 0 Å². The van der Waals surface area contributed by atoms with Crippen LogP contribution in [0.25, 0.3) is 0 Å². The zero-order valence-corrected chi connectivity index (χ0v) is 15.0. The van der Waals surface area contributed by atoms with Crippen molar-refractivity contribution in [3.05, 3.63) is 17.8 Å². The topological polar surface area (TPSA) is 64.8 Å². The fourth-order valence-electron chi connectivity index (χ4n) is 4.23. The number of rotatable bonds is 5. The Morgan fingerprint density at radius 3 is 2.80 bits per heavy atom. The largest absolute Gasteiger partial charge is 0.438 e. The predicted molar refractivity (Wildman–Crippen MR) is 91.3 cm³/mol. The second-order valence-corrected chi connectivity index (χ2v) is 7.92. The number of aryl methyl sites for hydroxylation is 1. The van der Waals surface area contributed by atoms with E-state index in [1.165, 1.54) is 19.2 Å². The number of likely N-dealkylation sites (tertiary alicyclic amines) is 1. The van der Waals surface area contributed by atoms with Gasteiger partial charge in [-0.1, -0.05) is 0 Å². The number of carbonyl (C=O) groups is 1. The first-order valence-corrected chi connectivity index (χ1v) is 9.53. The van der Waals surface area contributed by atoms with Gasteiger partial charge in [0, 0.05) is 32.2 Å². The molecule has 1 unspecified atom stereocenters. The van der Waals surface area contributed by atoms with E-state index in [9.17, 15) is 4.79 Å². The molecule has 1 aromatic heterocycles. The van der Waals surface area contributed by atoms with Crippen molar-refractivity contribution in [2.24, 2.45) is 17.3 Å². The van der Waals surface area contributed by atoms with E-state index < -0.39 is 0 Å². The molecule has 6 nitrogen and oxygen atoms in total. The Balaban J connectivity index is 1.36. The van der Waals surface area contributed by atoms with Gasteiger partial charge in [0.25, 0.3) is 5.91 Å². The fourth-order valence-corrected chi connectivity index (χ4v) is 4.23. The normalized spacial score (nSPS) is 26.1. The Kier molecular flexibility index (Phi) is 4.82. The van der Waals surface area contributed by atoms with Crippen LogP contribution in [0.3, 0.4) is 0 Å². The van der Waals surface area contributed by atoms with Gasteiger partial charge in [0.2, 0.25) is 5.76 Å². The maximum Gasteiger partial charge on any atom is 0.291 e. The van der Waals surface area contributed by atoms with Crippen molar-refractivity contribution in [1.82, 2.24) is 9.88 Å². The summed E-state index contributed by atoms with van der Waals surface area (Å²) in [6, 6.07) is 0. The van der Waals surface area contributed by atoms with Crippen LogP contribution in [0.4, 0.5) is 0 Å². The van der Waals surface area contributed by atoms with Crippen molar-refractivity contribution in [1.29, 1.82) is 0 Å². The van der Waals surface area contributed by atoms with Gasteiger partial charge in [-0.25, -0.2) is 4.98 Å². The summed E-state index contributed by atoms with van der Waals surface area (Å²) < 4.78 is 17.0. The Morgan fingerprint density at radius 1 is 1.32 bits per heavy atom.